The van der Waals surface area contributed by atoms with Crippen LogP contribution in [0.5, 0.6) is 0 Å². The maximum Gasteiger partial charge on any atom is 0.315 e. The molecule has 152 valence electrons. The lowest BCUT2D eigenvalue weighted by molar-refractivity contribution is 0.0680. The molecule has 5 nitrogen and oxygen atoms in total. The van der Waals surface area contributed by atoms with Gasteiger partial charge in [-0.1, -0.05) is 54.6 Å². The molecule has 2 aromatic carbocycles. The Labute approximate surface area is 173 Å². The molecule has 2 N–H and O–H groups in total. The Bertz CT molecular complexity index is 830. The molecule has 3 aliphatic rings. The van der Waals surface area contributed by atoms with Crippen LogP contribution in [0.3, 0.4) is 0 Å². The van der Waals surface area contributed by atoms with Crippen molar-refractivity contribution in [1.29, 1.82) is 0 Å². The average molecular weight is 391 g/mol. The van der Waals surface area contributed by atoms with Gasteiger partial charge < -0.3 is 10.6 Å². The SMILES string of the molecule is O=C1NC2CCC(N3CCN(Cc4ccc(-c5ccccc5)cc4)CC3)CC2N1. The first-order chi connectivity index (χ1) is 14.2. The quantitative estimate of drug-likeness (QED) is 0.844. The highest BCUT2D eigenvalue weighted by atomic mass is 16.2. The van der Waals surface area contributed by atoms with Crippen molar-refractivity contribution in [2.75, 3.05) is 26.2 Å². The normalized spacial score (nSPS) is 27.9. The van der Waals surface area contributed by atoms with Gasteiger partial charge in [0.25, 0.3) is 0 Å². The Morgan fingerprint density at radius 3 is 2.24 bits per heavy atom. The Kier molecular flexibility index (Phi) is 5.25. The minimum absolute atomic E-state index is 0.0174. The first kappa shape index (κ1) is 18.6. The zero-order valence-electron chi connectivity index (χ0n) is 16.9. The maximum absolute atomic E-state index is 11.6. The molecule has 0 bridgehead atoms. The van der Waals surface area contributed by atoms with Crippen LogP contribution in [0.4, 0.5) is 4.79 Å². The summed E-state index contributed by atoms with van der Waals surface area (Å²) in [5.74, 6) is 0. The van der Waals surface area contributed by atoms with E-state index < -0.39 is 0 Å². The van der Waals surface area contributed by atoms with Crippen molar-refractivity contribution in [2.24, 2.45) is 0 Å². The highest BCUT2D eigenvalue weighted by molar-refractivity contribution is 5.77. The smallest absolute Gasteiger partial charge is 0.315 e. The molecule has 29 heavy (non-hydrogen) atoms. The van der Waals surface area contributed by atoms with Gasteiger partial charge in [0.15, 0.2) is 0 Å². The molecule has 2 saturated heterocycles. The number of fused-ring (bicyclic) bond motifs is 1. The van der Waals surface area contributed by atoms with Crippen LogP contribution < -0.4 is 10.6 Å². The minimum atomic E-state index is 0.0174. The largest absolute Gasteiger partial charge is 0.333 e. The Hall–Kier alpha value is -2.37. The predicted molar refractivity (Wildman–Crippen MR) is 116 cm³/mol. The van der Waals surface area contributed by atoms with E-state index in [1.165, 1.54) is 23.1 Å². The van der Waals surface area contributed by atoms with Crippen LogP contribution in [0.15, 0.2) is 54.6 Å². The fraction of sp³-hybridized carbons (Fsp3) is 0.458. The van der Waals surface area contributed by atoms with Crippen molar-refractivity contribution in [3.8, 4) is 11.1 Å². The van der Waals surface area contributed by atoms with Crippen LogP contribution in [0.2, 0.25) is 0 Å². The van der Waals surface area contributed by atoms with Crippen LogP contribution in [-0.2, 0) is 6.54 Å². The van der Waals surface area contributed by atoms with Crippen LogP contribution >= 0.6 is 0 Å². The second-order valence-corrected chi connectivity index (χ2v) is 8.67. The third kappa shape index (κ3) is 4.16. The van der Waals surface area contributed by atoms with Crippen LogP contribution in [0, 0.1) is 0 Å². The van der Waals surface area contributed by atoms with Crippen molar-refractivity contribution >= 4 is 6.03 Å². The summed E-state index contributed by atoms with van der Waals surface area (Å²) >= 11 is 0. The molecule has 0 radical (unpaired) electrons. The fourth-order valence-corrected chi connectivity index (χ4v) is 5.17. The Balaban J connectivity index is 1.12. The lowest BCUT2D eigenvalue weighted by Crippen LogP contribution is -2.54. The van der Waals surface area contributed by atoms with E-state index in [4.69, 9.17) is 0 Å². The second-order valence-electron chi connectivity index (χ2n) is 8.67. The molecule has 3 atom stereocenters. The predicted octanol–water partition coefficient (Wildman–Crippen LogP) is 3.07. The standard InChI is InChI=1S/C24H30N4O/c29-24-25-22-11-10-21(16-23(22)26-24)28-14-12-27(13-15-28)17-18-6-8-20(9-7-18)19-4-2-1-3-5-19/h1-9,21-23H,10-17H2,(H2,25,26,29). The van der Waals surface area contributed by atoms with Gasteiger partial charge in [-0.3, -0.25) is 9.80 Å². The van der Waals surface area contributed by atoms with Crippen LogP contribution in [-0.4, -0.2) is 60.1 Å². The first-order valence-electron chi connectivity index (χ1n) is 10.9. The van der Waals surface area contributed by atoms with E-state index >= 15 is 0 Å². The summed E-state index contributed by atoms with van der Waals surface area (Å²) in [6.45, 7) is 5.53. The van der Waals surface area contributed by atoms with E-state index in [2.05, 4.69) is 75.0 Å². The number of nitrogens with zero attached hydrogens (tertiary/aromatic N) is 2. The number of benzene rings is 2. The molecule has 0 spiro atoms. The van der Waals surface area contributed by atoms with Crippen LogP contribution in [0.1, 0.15) is 24.8 Å². The number of carbonyl (C=O) groups is 1. The second kappa shape index (κ2) is 8.17. The molecule has 5 heteroatoms. The van der Waals surface area contributed by atoms with E-state index in [1.54, 1.807) is 0 Å². The number of piperazine rings is 1. The number of rotatable bonds is 4. The number of hydrogen-bond donors (Lipinski definition) is 2. The number of hydrogen-bond acceptors (Lipinski definition) is 3. The van der Waals surface area contributed by atoms with E-state index in [0.29, 0.717) is 18.1 Å². The molecule has 3 fully saturated rings. The van der Waals surface area contributed by atoms with Crippen molar-refractivity contribution < 1.29 is 4.79 Å². The topological polar surface area (TPSA) is 47.6 Å². The van der Waals surface area contributed by atoms with E-state index in [9.17, 15) is 4.79 Å². The van der Waals surface area contributed by atoms with Gasteiger partial charge in [-0.25, -0.2) is 4.79 Å². The lowest BCUT2D eigenvalue weighted by Gasteiger charge is -2.42. The molecule has 5 rings (SSSR count). The third-order valence-electron chi connectivity index (χ3n) is 6.85. The number of carbonyl (C=O) groups excluding carboxylic acids is 1. The highest BCUT2D eigenvalue weighted by Gasteiger charge is 2.39. The molecule has 1 aliphatic carbocycles. The monoisotopic (exact) mass is 390 g/mol. The van der Waals surface area contributed by atoms with Crippen molar-refractivity contribution in [1.82, 2.24) is 20.4 Å². The average Bonchev–Trinajstić information content (AvgIpc) is 3.15. The zero-order chi connectivity index (χ0) is 19.6. The molecule has 2 aromatic rings. The molecular formula is C24H30N4O. The van der Waals surface area contributed by atoms with Gasteiger partial charge in [-0.2, -0.15) is 0 Å². The zero-order valence-corrected chi connectivity index (χ0v) is 16.9. The summed E-state index contributed by atoms with van der Waals surface area (Å²) in [5, 5.41) is 6.15. The molecule has 2 heterocycles. The summed E-state index contributed by atoms with van der Waals surface area (Å²) < 4.78 is 0. The summed E-state index contributed by atoms with van der Waals surface area (Å²) in [7, 11) is 0. The van der Waals surface area contributed by atoms with Gasteiger partial charge in [0.1, 0.15) is 0 Å². The number of amides is 2. The first-order valence-corrected chi connectivity index (χ1v) is 10.9. The van der Waals surface area contributed by atoms with Crippen molar-refractivity contribution in [3.05, 3.63) is 60.2 Å². The summed E-state index contributed by atoms with van der Waals surface area (Å²) in [6, 6.07) is 20.9. The highest BCUT2D eigenvalue weighted by Crippen LogP contribution is 2.27. The Morgan fingerprint density at radius 2 is 1.48 bits per heavy atom. The lowest BCUT2D eigenvalue weighted by atomic mass is 9.86. The molecule has 2 amide bonds. The molecule has 0 aromatic heterocycles. The van der Waals surface area contributed by atoms with E-state index in [1.807, 2.05) is 0 Å². The number of nitrogens with one attached hydrogen (secondary N) is 2. The van der Waals surface area contributed by atoms with Gasteiger partial charge in [-0.05, 0) is 36.0 Å². The molecule has 3 unspecified atom stereocenters. The van der Waals surface area contributed by atoms with Gasteiger partial charge in [0, 0.05) is 38.8 Å². The summed E-state index contributed by atoms with van der Waals surface area (Å²) in [4.78, 5) is 16.8. The van der Waals surface area contributed by atoms with Gasteiger partial charge in [0.05, 0.1) is 12.1 Å². The molecule has 1 saturated carbocycles. The van der Waals surface area contributed by atoms with Crippen LogP contribution in [0.25, 0.3) is 11.1 Å². The van der Waals surface area contributed by atoms with Crippen molar-refractivity contribution in [2.45, 2.75) is 43.9 Å². The molecular weight excluding hydrogens is 360 g/mol. The minimum Gasteiger partial charge on any atom is -0.333 e. The Morgan fingerprint density at radius 1 is 0.793 bits per heavy atom. The number of urea groups is 1. The van der Waals surface area contributed by atoms with Crippen molar-refractivity contribution in [3.63, 3.8) is 0 Å². The van der Waals surface area contributed by atoms with Gasteiger partial charge in [0.2, 0.25) is 0 Å². The summed E-state index contributed by atoms with van der Waals surface area (Å²) in [5.41, 5.74) is 3.94. The van der Waals surface area contributed by atoms with E-state index in [0.717, 1.165) is 45.6 Å². The van der Waals surface area contributed by atoms with Gasteiger partial charge in [-0.15, -0.1) is 0 Å². The van der Waals surface area contributed by atoms with E-state index in [-0.39, 0.29) is 6.03 Å². The van der Waals surface area contributed by atoms with Gasteiger partial charge >= 0.3 is 6.03 Å². The molecule has 2 aliphatic heterocycles. The fourth-order valence-electron chi connectivity index (χ4n) is 5.17. The third-order valence-corrected chi connectivity index (χ3v) is 6.85. The summed E-state index contributed by atoms with van der Waals surface area (Å²) in [6.07, 6.45) is 3.39. The maximum atomic E-state index is 11.6.